The first-order valence-electron chi connectivity index (χ1n) is 27.9. The van der Waals surface area contributed by atoms with Crippen LogP contribution in [-0.4, -0.2) is 161 Å². The van der Waals surface area contributed by atoms with Crippen LogP contribution in [0.5, 0.6) is 0 Å². The summed E-state index contributed by atoms with van der Waals surface area (Å²) in [6.45, 7) is 5.79. The topological polar surface area (TPSA) is 289 Å². The smallest absolute Gasteiger partial charge is 0.303 e. The molecule has 0 heterocycles. The molecule has 9 N–H and O–H groups in total. The van der Waals surface area contributed by atoms with Gasteiger partial charge in [-0.05, 0) is 77.2 Å². The Bertz CT molecular complexity index is 1530. The maximum atomic E-state index is 13.1. The molecule has 0 unspecified atom stereocenters. The molecule has 0 bridgehead atoms. The van der Waals surface area contributed by atoms with Crippen LogP contribution in [0.15, 0.2) is 12.3 Å². The molecule has 0 aliphatic heterocycles. The van der Waals surface area contributed by atoms with Gasteiger partial charge in [0.05, 0.1) is 51.7 Å². The molecule has 1 saturated carbocycles. The van der Waals surface area contributed by atoms with Crippen molar-refractivity contribution in [3.63, 3.8) is 0 Å². The lowest BCUT2D eigenvalue weighted by molar-refractivity contribution is -0.137. The highest BCUT2D eigenvalue weighted by atomic mass is 16.5. The summed E-state index contributed by atoms with van der Waals surface area (Å²) in [5, 5.41) is 44.8. The van der Waals surface area contributed by atoms with Crippen molar-refractivity contribution in [2.75, 3.05) is 92.7 Å². The van der Waals surface area contributed by atoms with Gasteiger partial charge in [0.25, 0.3) is 0 Å². The molecule has 0 radical (unpaired) electrons. The van der Waals surface area contributed by atoms with Gasteiger partial charge in [0.15, 0.2) is 5.78 Å². The molecule has 0 spiro atoms. The van der Waals surface area contributed by atoms with Gasteiger partial charge in [-0.1, -0.05) is 96.5 Å². The van der Waals surface area contributed by atoms with Crippen molar-refractivity contribution in [3.05, 3.63) is 12.3 Å². The van der Waals surface area contributed by atoms with E-state index in [1.165, 1.54) is 70.6 Å². The summed E-state index contributed by atoms with van der Waals surface area (Å²) in [7, 11) is 1.67. The summed E-state index contributed by atoms with van der Waals surface area (Å²) in [5.74, 6) is -1.93. The number of nitrogens with one attached hydrogen (secondary N) is 6. The maximum Gasteiger partial charge on any atom is 0.303 e. The Balaban J connectivity index is 1.97. The number of Topliss-reactive ketones (excluding diaryl/α,β-unsaturated/α-hetero) is 1. The van der Waals surface area contributed by atoms with Gasteiger partial charge in [0, 0.05) is 51.4 Å². The first-order chi connectivity index (χ1) is 35.9. The molecule has 0 aromatic heterocycles. The number of likely N-dealkylation sites (N-methyl/N-ethyl adjacent to an activating group) is 1. The van der Waals surface area contributed by atoms with Crippen LogP contribution in [0.25, 0.3) is 0 Å². The lowest BCUT2D eigenvalue weighted by atomic mass is 9.81. The first-order valence-corrected chi connectivity index (χ1v) is 27.9. The molecule has 1 rings (SSSR count). The number of aliphatic carboxylic acids is 1. The van der Waals surface area contributed by atoms with E-state index < -0.39 is 18.6 Å². The van der Waals surface area contributed by atoms with Gasteiger partial charge in [-0.2, -0.15) is 0 Å². The monoisotopic (exact) mass is 1050 g/mol. The minimum Gasteiger partial charge on any atom is -0.511 e. The third kappa shape index (κ3) is 40.1. The molecule has 1 aliphatic rings. The quantitative estimate of drug-likeness (QED) is 0.0283. The van der Waals surface area contributed by atoms with Crippen molar-refractivity contribution in [1.82, 2.24) is 31.9 Å². The third-order valence-corrected chi connectivity index (χ3v) is 13.2. The average molecular weight is 1060 g/mol. The van der Waals surface area contributed by atoms with Crippen molar-refractivity contribution in [2.45, 2.75) is 185 Å². The zero-order valence-electron chi connectivity index (χ0n) is 45.1. The van der Waals surface area contributed by atoms with E-state index in [1.54, 1.807) is 7.05 Å². The second-order valence-electron chi connectivity index (χ2n) is 19.5. The van der Waals surface area contributed by atoms with Crippen LogP contribution in [0.3, 0.4) is 0 Å². The SMILES string of the molecule is C=C(O)[C@H](CCC(=O)NCCOCCOCC(=O)NCCOCCOCC(=O)NCCCC[C@H](NC)C(=O)CO)NC(=O)C1CCC(CNC(=O)CCCCCCCCCCCCCCCCCCC(=O)O)CC1. The van der Waals surface area contributed by atoms with E-state index in [0.717, 1.165) is 51.4 Å². The lowest BCUT2D eigenvalue weighted by Crippen LogP contribution is -2.42. The van der Waals surface area contributed by atoms with Crippen molar-refractivity contribution >= 4 is 41.3 Å². The highest BCUT2D eigenvalue weighted by molar-refractivity contribution is 5.85. The van der Waals surface area contributed by atoms with Crippen LogP contribution in [0.2, 0.25) is 0 Å². The Hall–Kier alpha value is -4.21. The maximum absolute atomic E-state index is 13.1. The number of ketones is 1. The molecule has 74 heavy (non-hydrogen) atoms. The van der Waals surface area contributed by atoms with Gasteiger partial charge in [-0.3, -0.25) is 33.6 Å². The molecule has 1 aliphatic carbocycles. The first kappa shape index (κ1) is 67.8. The fraction of sp³-hybridized carbons (Fsp3) is 0.833. The molecule has 0 saturated heterocycles. The number of amides is 5. The number of hydrogen-bond acceptors (Lipinski definition) is 14. The molecule has 20 nitrogen and oxygen atoms in total. The standard InChI is InChI=1S/C54H98N6O14/c1-43(62)46(60-54(70)45-26-24-44(25-27-45)39-59-49(64)22-17-15-13-11-9-7-5-3-4-6-8-10-12-14-16-18-23-53(68)69)28-29-50(65)57-31-33-71-35-38-74-42-52(67)58-32-34-72-36-37-73-41-51(66)56-30-20-19-21-47(55-2)48(63)40-61/h44-47,55,61-62H,1,3-42H2,2H3,(H,56,66)(H,57,65)(H,58,67)(H,59,64)(H,60,70)(H,68,69)/t44?,45?,46-,47-/m0/s1. The number of ether oxygens (including phenoxy) is 4. The van der Waals surface area contributed by atoms with E-state index >= 15 is 0 Å². The van der Waals surface area contributed by atoms with E-state index in [9.17, 15) is 38.7 Å². The van der Waals surface area contributed by atoms with Gasteiger partial charge >= 0.3 is 5.97 Å². The highest BCUT2D eigenvalue weighted by Crippen LogP contribution is 2.29. The fourth-order valence-electron chi connectivity index (χ4n) is 8.66. The van der Waals surface area contributed by atoms with Crippen LogP contribution in [-0.2, 0) is 52.5 Å². The number of carboxylic acids is 1. The largest absolute Gasteiger partial charge is 0.511 e. The van der Waals surface area contributed by atoms with Gasteiger partial charge in [0.1, 0.15) is 25.6 Å². The van der Waals surface area contributed by atoms with Gasteiger partial charge < -0.3 is 66.2 Å². The molecule has 0 aromatic carbocycles. The minimum absolute atomic E-state index is 0.0657. The predicted octanol–water partition coefficient (Wildman–Crippen LogP) is 5.09. The second kappa shape index (κ2) is 47.3. The molecule has 2 atom stereocenters. The van der Waals surface area contributed by atoms with Crippen molar-refractivity contribution < 1.29 is 67.8 Å². The molecule has 5 amide bonds. The second-order valence-corrected chi connectivity index (χ2v) is 19.5. The summed E-state index contributed by atoms with van der Waals surface area (Å²) in [5.41, 5.74) is 0. The number of carbonyl (C=O) groups is 7. The van der Waals surface area contributed by atoms with Crippen molar-refractivity contribution in [2.24, 2.45) is 11.8 Å². The number of aliphatic hydroxyl groups excluding tert-OH is 2. The number of aliphatic hydroxyl groups is 2. The normalized spacial score (nSPS) is 15.2. The van der Waals surface area contributed by atoms with Crippen LogP contribution in [0.4, 0.5) is 0 Å². The lowest BCUT2D eigenvalue weighted by Gasteiger charge is -2.29. The summed E-state index contributed by atoms with van der Waals surface area (Å²) in [6.07, 6.45) is 25.0. The van der Waals surface area contributed by atoms with E-state index in [4.69, 9.17) is 29.2 Å². The highest BCUT2D eigenvalue weighted by Gasteiger charge is 2.28. The fourth-order valence-corrected chi connectivity index (χ4v) is 8.66. The molecule has 1 fully saturated rings. The average Bonchev–Trinajstić information content (AvgIpc) is 3.38. The van der Waals surface area contributed by atoms with E-state index in [-0.39, 0.29) is 132 Å². The molecular weight excluding hydrogens is 957 g/mol. The molecular formula is C54H98N6O14. The van der Waals surface area contributed by atoms with Gasteiger partial charge in [-0.25, -0.2) is 0 Å². The predicted molar refractivity (Wildman–Crippen MR) is 283 cm³/mol. The number of rotatable bonds is 51. The van der Waals surface area contributed by atoms with Crippen molar-refractivity contribution in [1.29, 1.82) is 0 Å². The Labute approximate surface area is 442 Å². The van der Waals surface area contributed by atoms with E-state index in [1.807, 2.05) is 0 Å². The molecule has 428 valence electrons. The zero-order valence-corrected chi connectivity index (χ0v) is 45.1. The Kier molecular flexibility index (Phi) is 43.3. The molecule has 0 aromatic rings. The zero-order chi connectivity index (χ0) is 54.3. The van der Waals surface area contributed by atoms with E-state index in [0.29, 0.717) is 57.5 Å². The van der Waals surface area contributed by atoms with E-state index in [2.05, 4.69) is 38.5 Å². The summed E-state index contributed by atoms with van der Waals surface area (Å²) >= 11 is 0. The minimum atomic E-state index is -0.748. The Morgan fingerprint density at radius 3 is 1.45 bits per heavy atom. The number of carbonyl (C=O) groups excluding carboxylic acids is 6. The summed E-state index contributed by atoms with van der Waals surface area (Å²) in [6, 6.07) is -1.13. The molecule has 20 heteroatoms. The van der Waals surface area contributed by atoms with Gasteiger partial charge in [-0.15, -0.1) is 0 Å². The Morgan fingerprint density at radius 1 is 0.500 bits per heavy atom. The van der Waals surface area contributed by atoms with Crippen LogP contribution < -0.4 is 31.9 Å². The third-order valence-electron chi connectivity index (χ3n) is 13.2. The van der Waals surface area contributed by atoms with Gasteiger partial charge in [0.2, 0.25) is 29.5 Å². The number of carboxylic acid groups (broad SMARTS) is 1. The summed E-state index contributed by atoms with van der Waals surface area (Å²) < 4.78 is 21.5. The van der Waals surface area contributed by atoms with Crippen molar-refractivity contribution in [3.8, 4) is 0 Å². The summed E-state index contributed by atoms with van der Waals surface area (Å²) in [4.78, 5) is 84.0. The number of hydrogen-bond donors (Lipinski definition) is 9. The van der Waals surface area contributed by atoms with Crippen LogP contribution in [0, 0.1) is 11.8 Å². The van der Waals surface area contributed by atoms with Crippen LogP contribution >= 0.6 is 0 Å². The number of unbranched alkanes of at least 4 members (excludes halogenated alkanes) is 16. The van der Waals surface area contributed by atoms with Crippen LogP contribution in [0.1, 0.15) is 173 Å². The Morgan fingerprint density at radius 2 is 0.959 bits per heavy atom.